The number of hydrogen-bond donors (Lipinski definition) is 1. The van der Waals surface area contributed by atoms with Crippen LogP contribution in [0.1, 0.15) is 13.3 Å². The number of nitrogens with zero attached hydrogens (tertiary/aromatic N) is 3. The summed E-state index contributed by atoms with van der Waals surface area (Å²) < 4.78 is 0. The maximum atomic E-state index is 12.2. The number of carboxylic acids is 1. The van der Waals surface area contributed by atoms with Gasteiger partial charge in [-0.2, -0.15) is 0 Å². The molecule has 19 heavy (non-hydrogen) atoms. The minimum Gasteiger partial charge on any atom is -0.480 e. The van der Waals surface area contributed by atoms with Gasteiger partial charge in [0.15, 0.2) is 0 Å². The largest absolute Gasteiger partial charge is 0.480 e. The Morgan fingerprint density at radius 1 is 1.05 bits per heavy atom. The molecule has 1 fully saturated rings. The van der Waals surface area contributed by atoms with Crippen LogP contribution in [-0.2, 0) is 4.79 Å². The summed E-state index contributed by atoms with van der Waals surface area (Å²) in [6.07, 6.45) is 5.03. The van der Waals surface area contributed by atoms with Crippen molar-refractivity contribution in [3.8, 4) is 0 Å². The van der Waals surface area contributed by atoms with E-state index >= 15 is 0 Å². The van der Waals surface area contributed by atoms with Crippen LogP contribution in [0.3, 0.4) is 0 Å². The maximum absolute atomic E-state index is 12.2. The molecule has 6 nitrogen and oxygen atoms in total. The first kappa shape index (κ1) is 13.9. The highest BCUT2D eigenvalue weighted by atomic mass is 16.4. The van der Waals surface area contributed by atoms with E-state index in [1.807, 2.05) is 20.8 Å². The molecule has 0 radical (unpaired) electrons. The van der Waals surface area contributed by atoms with Gasteiger partial charge in [0.2, 0.25) is 0 Å². The zero-order chi connectivity index (χ0) is 13.8. The van der Waals surface area contributed by atoms with Gasteiger partial charge in [-0.15, -0.1) is 0 Å². The number of rotatable bonds is 2. The summed E-state index contributed by atoms with van der Waals surface area (Å²) in [5, 5.41) is 8.98. The van der Waals surface area contributed by atoms with Crippen LogP contribution in [0, 0.1) is 0 Å². The SMILES string of the molecule is CC(C(=O)O)N1CCN(C(=O)N2CC=CCC2)CC1. The van der Waals surface area contributed by atoms with Crippen molar-refractivity contribution < 1.29 is 14.7 Å². The third-order valence-corrected chi connectivity index (χ3v) is 3.82. The third-order valence-electron chi connectivity index (χ3n) is 3.82. The van der Waals surface area contributed by atoms with Gasteiger partial charge < -0.3 is 14.9 Å². The van der Waals surface area contributed by atoms with E-state index in [0.29, 0.717) is 32.7 Å². The maximum Gasteiger partial charge on any atom is 0.320 e. The molecule has 2 heterocycles. The van der Waals surface area contributed by atoms with E-state index in [-0.39, 0.29) is 6.03 Å². The van der Waals surface area contributed by atoms with Crippen molar-refractivity contribution >= 4 is 12.0 Å². The van der Waals surface area contributed by atoms with Gasteiger partial charge in [0.25, 0.3) is 0 Å². The fourth-order valence-corrected chi connectivity index (χ4v) is 2.47. The standard InChI is InChI=1S/C13H21N3O3/c1-11(12(17)18)14-7-9-16(10-8-14)13(19)15-5-3-2-4-6-15/h2-3,11H,4-10H2,1H3,(H,17,18). The Hall–Kier alpha value is -1.56. The zero-order valence-corrected chi connectivity index (χ0v) is 11.3. The molecule has 2 aliphatic rings. The van der Waals surface area contributed by atoms with E-state index in [9.17, 15) is 9.59 Å². The fourth-order valence-electron chi connectivity index (χ4n) is 2.47. The van der Waals surface area contributed by atoms with Crippen molar-refractivity contribution in [3.63, 3.8) is 0 Å². The highest BCUT2D eigenvalue weighted by Crippen LogP contribution is 2.11. The second-order valence-corrected chi connectivity index (χ2v) is 5.03. The van der Waals surface area contributed by atoms with Crippen LogP contribution in [-0.4, -0.2) is 77.1 Å². The summed E-state index contributed by atoms with van der Waals surface area (Å²) in [7, 11) is 0. The van der Waals surface area contributed by atoms with Crippen molar-refractivity contribution in [2.45, 2.75) is 19.4 Å². The van der Waals surface area contributed by atoms with E-state index in [2.05, 4.69) is 6.08 Å². The number of hydrogen-bond acceptors (Lipinski definition) is 3. The number of amides is 2. The molecule has 0 bridgehead atoms. The van der Waals surface area contributed by atoms with Gasteiger partial charge in [0.05, 0.1) is 0 Å². The zero-order valence-electron chi connectivity index (χ0n) is 11.3. The average Bonchev–Trinajstić information content (AvgIpc) is 2.46. The third kappa shape index (κ3) is 3.26. The lowest BCUT2D eigenvalue weighted by atomic mass is 10.2. The normalized spacial score (nSPS) is 22.4. The quantitative estimate of drug-likeness (QED) is 0.738. The molecule has 1 N–H and O–H groups in total. The molecule has 2 amide bonds. The summed E-state index contributed by atoms with van der Waals surface area (Å²) in [4.78, 5) is 28.7. The average molecular weight is 267 g/mol. The Balaban J connectivity index is 1.84. The van der Waals surface area contributed by atoms with Crippen LogP contribution in [0.4, 0.5) is 4.79 Å². The molecule has 0 spiro atoms. The van der Waals surface area contributed by atoms with Crippen molar-refractivity contribution in [1.82, 2.24) is 14.7 Å². The molecule has 2 aliphatic heterocycles. The van der Waals surface area contributed by atoms with E-state index in [4.69, 9.17) is 5.11 Å². The predicted molar refractivity (Wildman–Crippen MR) is 71.0 cm³/mol. The molecule has 1 unspecified atom stereocenters. The van der Waals surface area contributed by atoms with Gasteiger partial charge in [-0.25, -0.2) is 4.79 Å². The van der Waals surface area contributed by atoms with Gasteiger partial charge in [0.1, 0.15) is 6.04 Å². The lowest BCUT2D eigenvalue weighted by Gasteiger charge is -2.39. The summed E-state index contributed by atoms with van der Waals surface area (Å²) in [6, 6.07) is -0.401. The minimum atomic E-state index is -0.805. The van der Waals surface area contributed by atoms with Crippen LogP contribution in [0.15, 0.2) is 12.2 Å². The number of urea groups is 1. The molecule has 2 rings (SSSR count). The highest BCUT2D eigenvalue weighted by Gasteiger charge is 2.29. The van der Waals surface area contributed by atoms with Crippen molar-refractivity contribution in [1.29, 1.82) is 0 Å². The first-order valence-electron chi connectivity index (χ1n) is 6.75. The Kier molecular flexibility index (Phi) is 4.42. The van der Waals surface area contributed by atoms with E-state index in [1.54, 1.807) is 6.92 Å². The lowest BCUT2D eigenvalue weighted by Crippen LogP contribution is -2.56. The van der Waals surface area contributed by atoms with Crippen LogP contribution < -0.4 is 0 Å². The van der Waals surface area contributed by atoms with E-state index in [1.165, 1.54) is 0 Å². The summed E-state index contributed by atoms with van der Waals surface area (Å²) in [5.41, 5.74) is 0. The number of carboxylic acid groups (broad SMARTS) is 1. The van der Waals surface area contributed by atoms with Gasteiger partial charge in [-0.3, -0.25) is 9.69 Å². The molecule has 106 valence electrons. The molecule has 1 saturated heterocycles. The highest BCUT2D eigenvalue weighted by molar-refractivity contribution is 5.75. The van der Waals surface area contributed by atoms with Crippen LogP contribution >= 0.6 is 0 Å². The Bertz CT molecular complexity index is 375. The fraction of sp³-hybridized carbons (Fsp3) is 0.692. The van der Waals surface area contributed by atoms with Gasteiger partial charge in [-0.05, 0) is 13.3 Å². The van der Waals surface area contributed by atoms with Gasteiger partial charge in [0, 0.05) is 39.3 Å². The van der Waals surface area contributed by atoms with Crippen LogP contribution in [0.5, 0.6) is 0 Å². The molecule has 0 aromatic rings. The Labute approximate surface area is 113 Å². The second kappa shape index (κ2) is 6.06. The second-order valence-electron chi connectivity index (χ2n) is 5.03. The summed E-state index contributed by atoms with van der Waals surface area (Å²) >= 11 is 0. The summed E-state index contributed by atoms with van der Waals surface area (Å²) in [5.74, 6) is -0.805. The van der Waals surface area contributed by atoms with E-state index < -0.39 is 12.0 Å². The van der Waals surface area contributed by atoms with Gasteiger partial charge >= 0.3 is 12.0 Å². The molecular weight excluding hydrogens is 246 g/mol. The first-order valence-corrected chi connectivity index (χ1v) is 6.75. The Morgan fingerprint density at radius 2 is 1.74 bits per heavy atom. The lowest BCUT2D eigenvalue weighted by molar-refractivity contribution is -0.143. The van der Waals surface area contributed by atoms with Crippen molar-refractivity contribution in [2.24, 2.45) is 0 Å². The minimum absolute atomic E-state index is 0.0759. The number of carbonyl (C=O) groups excluding carboxylic acids is 1. The van der Waals surface area contributed by atoms with Crippen LogP contribution in [0.25, 0.3) is 0 Å². The molecule has 0 saturated carbocycles. The molecule has 1 atom stereocenters. The van der Waals surface area contributed by atoms with Crippen molar-refractivity contribution in [2.75, 3.05) is 39.3 Å². The predicted octanol–water partition coefficient (Wildman–Crippen LogP) is 0.459. The number of carbonyl (C=O) groups is 2. The Morgan fingerprint density at radius 3 is 2.26 bits per heavy atom. The van der Waals surface area contributed by atoms with Crippen LogP contribution in [0.2, 0.25) is 0 Å². The molecule has 0 aliphatic carbocycles. The molecule has 0 aromatic heterocycles. The summed E-state index contributed by atoms with van der Waals surface area (Å²) in [6.45, 7) is 5.63. The first-order chi connectivity index (χ1) is 9.09. The molecule has 0 aromatic carbocycles. The molecular formula is C13H21N3O3. The number of piperazine rings is 1. The smallest absolute Gasteiger partial charge is 0.320 e. The van der Waals surface area contributed by atoms with Gasteiger partial charge in [-0.1, -0.05) is 12.2 Å². The van der Waals surface area contributed by atoms with E-state index in [0.717, 1.165) is 13.0 Å². The molecule has 6 heteroatoms. The number of aliphatic carboxylic acids is 1. The van der Waals surface area contributed by atoms with Crippen molar-refractivity contribution in [3.05, 3.63) is 12.2 Å². The monoisotopic (exact) mass is 267 g/mol. The topological polar surface area (TPSA) is 64.1 Å².